The van der Waals surface area contributed by atoms with Crippen LogP contribution in [0.4, 0.5) is 0 Å². The molecule has 0 atom stereocenters. The predicted molar refractivity (Wildman–Crippen MR) is 69.9 cm³/mol. The van der Waals surface area contributed by atoms with E-state index in [0.29, 0.717) is 5.56 Å². The van der Waals surface area contributed by atoms with Crippen molar-refractivity contribution in [3.05, 3.63) is 34.3 Å². The molecule has 1 aliphatic carbocycles. The van der Waals surface area contributed by atoms with Gasteiger partial charge in [0.2, 0.25) is 0 Å². The molecule has 2 N–H and O–H groups in total. The highest BCUT2D eigenvalue weighted by atomic mass is 79.9. The second kappa shape index (κ2) is 5.19. The SMILES string of the molecule is O=C(NC1(CO)CCCC1)c1ccccc1Br. The largest absolute Gasteiger partial charge is 0.394 e. The number of rotatable bonds is 3. The predicted octanol–water partition coefficient (Wildman–Crippen LogP) is 2.48. The molecule has 2 rings (SSSR count). The molecule has 92 valence electrons. The highest BCUT2D eigenvalue weighted by Crippen LogP contribution is 2.29. The molecule has 0 bridgehead atoms. The maximum atomic E-state index is 12.1. The van der Waals surface area contributed by atoms with E-state index in [1.807, 2.05) is 18.2 Å². The molecule has 3 nitrogen and oxygen atoms in total. The van der Waals surface area contributed by atoms with Crippen LogP contribution in [0.3, 0.4) is 0 Å². The maximum absolute atomic E-state index is 12.1. The van der Waals surface area contributed by atoms with Gasteiger partial charge >= 0.3 is 0 Å². The van der Waals surface area contributed by atoms with E-state index in [4.69, 9.17) is 0 Å². The lowest BCUT2D eigenvalue weighted by Gasteiger charge is -2.28. The minimum absolute atomic E-state index is 0.0171. The van der Waals surface area contributed by atoms with Crippen LogP contribution < -0.4 is 5.32 Å². The smallest absolute Gasteiger partial charge is 0.252 e. The molecular formula is C13H16BrNO2. The monoisotopic (exact) mass is 297 g/mol. The lowest BCUT2D eigenvalue weighted by atomic mass is 9.98. The first-order valence-electron chi connectivity index (χ1n) is 5.85. The lowest BCUT2D eigenvalue weighted by molar-refractivity contribution is 0.0837. The number of carbonyl (C=O) groups excluding carboxylic acids is 1. The van der Waals surface area contributed by atoms with Crippen LogP contribution >= 0.6 is 15.9 Å². The highest BCUT2D eigenvalue weighted by Gasteiger charge is 2.35. The number of aliphatic hydroxyl groups is 1. The van der Waals surface area contributed by atoms with Crippen molar-refractivity contribution in [2.24, 2.45) is 0 Å². The Balaban J connectivity index is 2.14. The zero-order valence-electron chi connectivity index (χ0n) is 9.58. The maximum Gasteiger partial charge on any atom is 0.252 e. The molecule has 0 radical (unpaired) electrons. The van der Waals surface area contributed by atoms with Crippen molar-refractivity contribution in [3.8, 4) is 0 Å². The zero-order valence-corrected chi connectivity index (χ0v) is 11.2. The molecule has 0 aromatic heterocycles. The molecule has 0 unspecified atom stereocenters. The summed E-state index contributed by atoms with van der Waals surface area (Å²) < 4.78 is 0.781. The fourth-order valence-electron chi connectivity index (χ4n) is 2.33. The highest BCUT2D eigenvalue weighted by molar-refractivity contribution is 9.10. The van der Waals surface area contributed by atoms with Gasteiger partial charge in [0.1, 0.15) is 0 Å². The van der Waals surface area contributed by atoms with Crippen LogP contribution in [0.15, 0.2) is 28.7 Å². The Labute approximate surface area is 109 Å². The van der Waals surface area contributed by atoms with Gasteiger partial charge in [-0.3, -0.25) is 4.79 Å². The van der Waals surface area contributed by atoms with Crippen molar-refractivity contribution < 1.29 is 9.90 Å². The van der Waals surface area contributed by atoms with Gasteiger partial charge in [-0.2, -0.15) is 0 Å². The molecule has 1 fully saturated rings. The van der Waals surface area contributed by atoms with Gasteiger partial charge < -0.3 is 10.4 Å². The van der Waals surface area contributed by atoms with Crippen LogP contribution in [-0.4, -0.2) is 23.2 Å². The van der Waals surface area contributed by atoms with E-state index in [2.05, 4.69) is 21.2 Å². The Kier molecular flexibility index (Phi) is 3.84. The number of halogens is 1. The fraction of sp³-hybridized carbons (Fsp3) is 0.462. The van der Waals surface area contributed by atoms with Crippen LogP contribution in [0.2, 0.25) is 0 Å². The molecule has 1 aliphatic rings. The molecule has 0 aliphatic heterocycles. The van der Waals surface area contributed by atoms with Gasteiger partial charge in [0.25, 0.3) is 5.91 Å². The van der Waals surface area contributed by atoms with Gasteiger partial charge in [0.15, 0.2) is 0 Å². The van der Waals surface area contributed by atoms with E-state index in [1.54, 1.807) is 6.07 Å². The third-order valence-corrected chi connectivity index (χ3v) is 4.05. The summed E-state index contributed by atoms with van der Waals surface area (Å²) in [6.45, 7) is 0.0171. The molecule has 17 heavy (non-hydrogen) atoms. The normalized spacial score (nSPS) is 18.0. The second-order valence-electron chi connectivity index (χ2n) is 4.58. The minimum Gasteiger partial charge on any atom is -0.394 e. The van der Waals surface area contributed by atoms with Gasteiger partial charge in [-0.05, 0) is 40.9 Å². The van der Waals surface area contributed by atoms with Crippen LogP contribution in [0, 0.1) is 0 Å². The van der Waals surface area contributed by atoms with E-state index in [0.717, 1.165) is 30.2 Å². The fourth-order valence-corrected chi connectivity index (χ4v) is 2.79. The second-order valence-corrected chi connectivity index (χ2v) is 5.43. The first-order valence-corrected chi connectivity index (χ1v) is 6.64. The lowest BCUT2D eigenvalue weighted by Crippen LogP contribution is -2.49. The van der Waals surface area contributed by atoms with Gasteiger partial charge in [0, 0.05) is 4.47 Å². The van der Waals surface area contributed by atoms with Crippen molar-refractivity contribution in [2.45, 2.75) is 31.2 Å². The van der Waals surface area contributed by atoms with Gasteiger partial charge in [-0.25, -0.2) is 0 Å². The van der Waals surface area contributed by atoms with Crippen molar-refractivity contribution in [3.63, 3.8) is 0 Å². The number of carbonyl (C=O) groups is 1. The molecule has 1 aromatic rings. The molecule has 1 aromatic carbocycles. The summed E-state index contributed by atoms with van der Waals surface area (Å²) in [7, 11) is 0. The number of hydrogen-bond donors (Lipinski definition) is 2. The van der Waals surface area contributed by atoms with E-state index in [1.165, 1.54) is 0 Å². The number of aliphatic hydroxyl groups excluding tert-OH is 1. The summed E-state index contributed by atoms with van der Waals surface area (Å²) in [5, 5.41) is 12.4. The van der Waals surface area contributed by atoms with Gasteiger partial charge in [-0.1, -0.05) is 25.0 Å². The average Bonchev–Trinajstić information content (AvgIpc) is 2.79. The zero-order chi connectivity index (χ0) is 12.3. The summed E-state index contributed by atoms with van der Waals surface area (Å²) in [6, 6.07) is 7.33. The Morgan fingerprint density at radius 1 is 1.35 bits per heavy atom. The van der Waals surface area contributed by atoms with E-state index in [-0.39, 0.29) is 12.5 Å². The summed E-state index contributed by atoms with van der Waals surface area (Å²) in [4.78, 5) is 12.1. The van der Waals surface area contributed by atoms with Gasteiger partial charge in [-0.15, -0.1) is 0 Å². The summed E-state index contributed by atoms with van der Waals surface area (Å²) in [6.07, 6.45) is 3.85. The van der Waals surface area contributed by atoms with Crippen LogP contribution in [-0.2, 0) is 0 Å². The van der Waals surface area contributed by atoms with Crippen molar-refractivity contribution in [1.82, 2.24) is 5.32 Å². The first-order chi connectivity index (χ1) is 8.17. The topological polar surface area (TPSA) is 49.3 Å². The van der Waals surface area contributed by atoms with Gasteiger partial charge in [0.05, 0.1) is 17.7 Å². The third kappa shape index (κ3) is 2.69. The molecule has 0 saturated heterocycles. The third-order valence-electron chi connectivity index (χ3n) is 3.36. The van der Waals surface area contributed by atoms with E-state index < -0.39 is 5.54 Å². The Morgan fingerprint density at radius 2 is 2.00 bits per heavy atom. The minimum atomic E-state index is -0.410. The number of benzene rings is 1. The molecular weight excluding hydrogens is 282 g/mol. The Bertz CT molecular complexity index is 414. The molecule has 1 amide bonds. The molecule has 0 heterocycles. The van der Waals surface area contributed by atoms with Crippen LogP contribution in [0.1, 0.15) is 36.0 Å². The number of amides is 1. The number of hydrogen-bond acceptors (Lipinski definition) is 2. The van der Waals surface area contributed by atoms with E-state index >= 15 is 0 Å². The summed E-state index contributed by atoms with van der Waals surface area (Å²) in [5.41, 5.74) is 0.207. The molecule has 4 heteroatoms. The first kappa shape index (κ1) is 12.6. The Morgan fingerprint density at radius 3 is 2.59 bits per heavy atom. The van der Waals surface area contributed by atoms with Crippen molar-refractivity contribution in [2.75, 3.05) is 6.61 Å². The standard InChI is InChI=1S/C13H16BrNO2/c14-11-6-2-1-5-10(11)12(17)15-13(9-16)7-3-4-8-13/h1-2,5-6,16H,3-4,7-9H2,(H,15,17). The van der Waals surface area contributed by atoms with E-state index in [9.17, 15) is 9.90 Å². The Hall–Kier alpha value is -0.870. The van der Waals surface area contributed by atoms with Crippen LogP contribution in [0.25, 0.3) is 0 Å². The average molecular weight is 298 g/mol. The van der Waals surface area contributed by atoms with Crippen molar-refractivity contribution in [1.29, 1.82) is 0 Å². The number of nitrogens with one attached hydrogen (secondary N) is 1. The quantitative estimate of drug-likeness (QED) is 0.900. The van der Waals surface area contributed by atoms with Crippen molar-refractivity contribution >= 4 is 21.8 Å². The van der Waals surface area contributed by atoms with Crippen LogP contribution in [0.5, 0.6) is 0 Å². The molecule has 1 saturated carbocycles. The molecule has 0 spiro atoms. The summed E-state index contributed by atoms with van der Waals surface area (Å²) in [5.74, 6) is -0.117. The summed E-state index contributed by atoms with van der Waals surface area (Å²) >= 11 is 3.36.